The first-order chi connectivity index (χ1) is 16.6. The molecule has 0 spiro atoms. The number of hydrogen-bond acceptors (Lipinski definition) is 6. The third kappa shape index (κ3) is 5.31. The summed E-state index contributed by atoms with van der Waals surface area (Å²) in [5, 5.41) is 8.13. The summed E-state index contributed by atoms with van der Waals surface area (Å²) in [5.74, 6) is -1.19. The van der Waals surface area contributed by atoms with Gasteiger partial charge in [0.25, 0.3) is 15.9 Å². The smallest absolute Gasteiger partial charge is 0.258 e. The number of benzene rings is 2. The van der Waals surface area contributed by atoms with Crippen molar-refractivity contribution in [2.75, 3.05) is 29.9 Å². The lowest BCUT2D eigenvalue weighted by Crippen LogP contribution is -2.52. The number of pyridine rings is 1. The Bertz CT molecular complexity index is 1360. The molecule has 0 radical (unpaired) electrons. The molecule has 35 heavy (non-hydrogen) atoms. The minimum atomic E-state index is -4.12. The molecule has 2 amide bonds. The van der Waals surface area contributed by atoms with Gasteiger partial charge in [0.1, 0.15) is 12.4 Å². The molecule has 2 aromatic carbocycles. The molecule has 1 aromatic heterocycles. The molecule has 3 aromatic rings. The Morgan fingerprint density at radius 2 is 1.80 bits per heavy atom. The normalized spacial score (nSPS) is 14.2. The van der Waals surface area contributed by atoms with Gasteiger partial charge in [-0.3, -0.25) is 9.59 Å². The zero-order valence-corrected chi connectivity index (χ0v) is 19.8. The molecule has 1 aliphatic heterocycles. The average molecular weight is 498 g/mol. The highest BCUT2D eigenvalue weighted by Gasteiger charge is 2.31. The lowest BCUT2D eigenvalue weighted by Gasteiger charge is -2.34. The molecule has 11 heteroatoms. The predicted molar refractivity (Wildman–Crippen MR) is 129 cm³/mol. The second-order valence-electron chi connectivity index (χ2n) is 8.11. The number of piperazine rings is 1. The average Bonchev–Trinajstić information content (AvgIpc) is 2.83. The number of nitrogens with zero attached hydrogens (tertiary/aromatic N) is 3. The van der Waals surface area contributed by atoms with Crippen molar-refractivity contribution in [3.05, 3.63) is 83.3 Å². The molecule has 0 aliphatic carbocycles. The number of nitrogens with one attached hydrogen (secondary N) is 1. The van der Waals surface area contributed by atoms with E-state index in [0.717, 1.165) is 5.56 Å². The highest BCUT2D eigenvalue weighted by Crippen LogP contribution is 2.27. The van der Waals surface area contributed by atoms with E-state index in [-0.39, 0.29) is 47.4 Å². The fourth-order valence-electron chi connectivity index (χ4n) is 3.97. The van der Waals surface area contributed by atoms with Crippen LogP contribution >= 0.6 is 0 Å². The summed E-state index contributed by atoms with van der Waals surface area (Å²) < 4.78 is 37.3. The lowest BCUT2D eigenvalue weighted by atomic mass is 10.1. The van der Waals surface area contributed by atoms with Crippen LogP contribution in [-0.2, 0) is 21.4 Å². The number of carbonyl (C=O) groups is 2. The minimum absolute atomic E-state index is 0.133. The maximum absolute atomic E-state index is 13.4. The first-order valence-electron chi connectivity index (χ1n) is 10.8. The second kappa shape index (κ2) is 9.80. The molecule has 1 aliphatic rings. The van der Waals surface area contributed by atoms with Gasteiger partial charge in [0, 0.05) is 37.1 Å². The Hall–Kier alpha value is -3.83. The van der Waals surface area contributed by atoms with Crippen LogP contribution in [0.25, 0.3) is 0 Å². The van der Waals surface area contributed by atoms with E-state index in [0.29, 0.717) is 12.2 Å². The van der Waals surface area contributed by atoms with Crippen molar-refractivity contribution in [2.24, 2.45) is 5.14 Å². The van der Waals surface area contributed by atoms with Crippen LogP contribution in [0.1, 0.15) is 21.5 Å². The number of halogens is 1. The second-order valence-corrected chi connectivity index (χ2v) is 9.59. The van der Waals surface area contributed by atoms with Gasteiger partial charge in [-0.05, 0) is 36.8 Å². The zero-order chi connectivity index (χ0) is 25.2. The van der Waals surface area contributed by atoms with E-state index in [4.69, 9.17) is 5.14 Å². The number of aromatic nitrogens is 1. The van der Waals surface area contributed by atoms with E-state index in [1.54, 1.807) is 0 Å². The molecule has 182 valence electrons. The van der Waals surface area contributed by atoms with Gasteiger partial charge >= 0.3 is 0 Å². The van der Waals surface area contributed by atoms with Gasteiger partial charge in [0.2, 0.25) is 5.91 Å². The maximum Gasteiger partial charge on any atom is 0.258 e. The number of nitrogens with two attached hydrogens (primary N) is 1. The third-order valence-corrected chi connectivity index (χ3v) is 6.68. The Morgan fingerprint density at radius 3 is 2.43 bits per heavy atom. The maximum atomic E-state index is 13.4. The fraction of sp³-hybridized carbons (Fsp3) is 0.208. The molecule has 3 N–H and O–H groups in total. The van der Waals surface area contributed by atoms with Crippen molar-refractivity contribution in [3.63, 3.8) is 0 Å². The molecule has 0 bridgehead atoms. The van der Waals surface area contributed by atoms with E-state index in [1.165, 1.54) is 47.2 Å². The largest absolute Gasteiger partial charge is 0.380 e. The number of carbonyl (C=O) groups excluding carboxylic acids is 2. The molecule has 1 fully saturated rings. The molecular weight excluding hydrogens is 473 g/mol. The summed E-state index contributed by atoms with van der Waals surface area (Å²) in [4.78, 5) is 33.0. The molecular formula is C24H24FN5O4S. The summed E-state index contributed by atoms with van der Waals surface area (Å²) in [5.41, 5.74) is 2.09. The molecule has 1 saturated heterocycles. The Morgan fingerprint density at radius 1 is 1.11 bits per heavy atom. The highest BCUT2D eigenvalue weighted by molar-refractivity contribution is 7.89. The number of rotatable bonds is 6. The summed E-state index contributed by atoms with van der Waals surface area (Å²) >= 11 is 0. The topological polar surface area (TPSA) is 126 Å². The van der Waals surface area contributed by atoms with Crippen molar-refractivity contribution in [2.45, 2.75) is 18.5 Å². The van der Waals surface area contributed by atoms with Crippen molar-refractivity contribution >= 4 is 33.2 Å². The van der Waals surface area contributed by atoms with E-state index in [2.05, 4.69) is 10.3 Å². The Kier molecular flexibility index (Phi) is 6.81. The number of primary sulfonamides is 1. The first-order valence-corrected chi connectivity index (χ1v) is 12.3. The van der Waals surface area contributed by atoms with Gasteiger partial charge in [-0.25, -0.2) is 22.9 Å². The quantitative estimate of drug-likeness (QED) is 0.538. The summed E-state index contributed by atoms with van der Waals surface area (Å²) in [6.07, 6.45) is 1.17. The molecule has 0 saturated carbocycles. The van der Waals surface area contributed by atoms with Crippen LogP contribution in [0.15, 0.2) is 65.8 Å². The molecule has 9 nitrogen and oxygen atoms in total. The number of hydrogen-bond donors (Lipinski definition) is 2. The van der Waals surface area contributed by atoms with Crippen LogP contribution in [-0.4, -0.2) is 49.8 Å². The minimum Gasteiger partial charge on any atom is -0.380 e. The van der Waals surface area contributed by atoms with Crippen LogP contribution in [0.2, 0.25) is 0 Å². The number of amides is 2. The van der Waals surface area contributed by atoms with Gasteiger partial charge in [0.15, 0.2) is 5.03 Å². The molecule has 0 atom stereocenters. The standard InChI is InChI=1S/C24H24FN5O4S/c1-16-22(27-13-17-5-3-2-4-6-17)20(14-28-23(16)35(26,33)34)24(32)29-11-12-30(21(31)15-29)19-9-7-18(25)8-10-19/h2-10,14H,11-13,15H2,1H3,(H,27,28)(H2,26,33,34). The van der Waals surface area contributed by atoms with Gasteiger partial charge in [0.05, 0.1) is 11.3 Å². The monoisotopic (exact) mass is 497 g/mol. The van der Waals surface area contributed by atoms with Crippen LogP contribution in [0.5, 0.6) is 0 Å². The van der Waals surface area contributed by atoms with Gasteiger partial charge < -0.3 is 15.1 Å². The predicted octanol–water partition coefficient (Wildman–Crippen LogP) is 2.28. The van der Waals surface area contributed by atoms with Crippen LogP contribution in [0.3, 0.4) is 0 Å². The van der Waals surface area contributed by atoms with Crippen LogP contribution in [0.4, 0.5) is 15.8 Å². The zero-order valence-electron chi connectivity index (χ0n) is 18.9. The highest BCUT2D eigenvalue weighted by atomic mass is 32.2. The van der Waals surface area contributed by atoms with Crippen molar-refractivity contribution in [3.8, 4) is 0 Å². The van der Waals surface area contributed by atoms with Gasteiger partial charge in [-0.15, -0.1) is 0 Å². The van der Waals surface area contributed by atoms with Crippen LogP contribution < -0.4 is 15.4 Å². The third-order valence-electron chi connectivity index (χ3n) is 5.73. The fourth-order valence-corrected chi connectivity index (χ4v) is 4.70. The van der Waals surface area contributed by atoms with E-state index in [1.807, 2.05) is 30.3 Å². The van der Waals surface area contributed by atoms with Gasteiger partial charge in [-0.2, -0.15) is 0 Å². The lowest BCUT2D eigenvalue weighted by molar-refractivity contribution is -0.120. The number of anilines is 2. The Balaban J connectivity index is 1.60. The summed E-state index contributed by atoms with van der Waals surface area (Å²) in [7, 11) is -4.12. The van der Waals surface area contributed by atoms with Crippen LogP contribution in [0, 0.1) is 12.7 Å². The molecule has 4 rings (SSSR count). The first kappa shape index (κ1) is 24.3. The van der Waals surface area contributed by atoms with E-state index < -0.39 is 21.7 Å². The van der Waals surface area contributed by atoms with Crippen molar-refractivity contribution in [1.29, 1.82) is 0 Å². The van der Waals surface area contributed by atoms with Crippen molar-refractivity contribution < 1.29 is 22.4 Å². The van der Waals surface area contributed by atoms with Gasteiger partial charge in [-0.1, -0.05) is 30.3 Å². The van der Waals surface area contributed by atoms with E-state index >= 15 is 0 Å². The molecule has 0 unspecified atom stereocenters. The summed E-state index contributed by atoms with van der Waals surface area (Å²) in [6, 6.07) is 14.9. The van der Waals surface area contributed by atoms with Crippen molar-refractivity contribution in [1.82, 2.24) is 9.88 Å². The van der Waals surface area contributed by atoms with E-state index in [9.17, 15) is 22.4 Å². The number of sulfonamides is 1. The molecule has 2 heterocycles. The SMILES string of the molecule is Cc1c(S(N)(=O)=O)ncc(C(=O)N2CCN(c3ccc(F)cc3)C(=O)C2)c1NCc1ccccc1. The Labute approximate surface area is 202 Å². The summed E-state index contributed by atoms with van der Waals surface area (Å²) in [6.45, 7) is 2.12.